The second-order valence-electron chi connectivity index (χ2n) is 7.25. The largest absolute Gasteiger partial charge is 0.346 e. The van der Waals surface area contributed by atoms with Crippen molar-refractivity contribution in [3.8, 4) is 0 Å². The van der Waals surface area contributed by atoms with E-state index in [0.717, 1.165) is 29.7 Å². The van der Waals surface area contributed by atoms with Gasteiger partial charge in [0.05, 0.1) is 17.1 Å². The predicted molar refractivity (Wildman–Crippen MR) is 96.5 cm³/mol. The van der Waals surface area contributed by atoms with E-state index in [9.17, 15) is 4.79 Å². The van der Waals surface area contributed by atoms with Crippen LogP contribution in [0.2, 0.25) is 0 Å². The molecule has 0 spiro atoms. The van der Waals surface area contributed by atoms with Crippen LogP contribution in [0.15, 0.2) is 24.3 Å². The van der Waals surface area contributed by atoms with E-state index in [2.05, 4.69) is 14.9 Å². The van der Waals surface area contributed by atoms with E-state index < -0.39 is 0 Å². The number of fused-ring (bicyclic) bond motifs is 1. The number of aryl methyl sites for hydroxylation is 1. The van der Waals surface area contributed by atoms with Gasteiger partial charge in [0.25, 0.3) is 0 Å². The van der Waals surface area contributed by atoms with Gasteiger partial charge in [-0.2, -0.15) is 0 Å². The normalized spacial score (nSPS) is 18.5. The minimum Gasteiger partial charge on any atom is -0.346 e. The third-order valence-electron chi connectivity index (χ3n) is 5.47. The van der Waals surface area contributed by atoms with Gasteiger partial charge >= 0.3 is 0 Å². The Kier molecular flexibility index (Phi) is 4.90. The number of nitrogens with two attached hydrogens (primary N) is 1. The number of para-hydroxylation sites is 2. The molecule has 1 atom stereocenters. The highest BCUT2D eigenvalue weighted by Crippen LogP contribution is 2.38. The number of carbonyl (C=O) groups excluding carboxylic acids is 1. The number of amides is 1. The highest BCUT2D eigenvalue weighted by Gasteiger charge is 2.33. The number of nitrogens with zero attached hydrogens (tertiary/aromatic N) is 2. The molecule has 1 heterocycles. The van der Waals surface area contributed by atoms with Crippen molar-refractivity contribution in [1.82, 2.24) is 14.9 Å². The van der Waals surface area contributed by atoms with Gasteiger partial charge < -0.3 is 15.6 Å². The first-order chi connectivity index (χ1) is 11.5. The lowest BCUT2D eigenvalue weighted by Crippen LogP contribution is -2.39. The van der Waals surface area contributed by atoms with Crippen LogP contribution in [0, 0.1) is 5.41 Å². The van der Waals surface area contributed by atoms with Gasteiger partial charge in [0.2, 0.25) is 5.91 Å². The standard InChI is InChI=1S/C19H28N4O/c1-14(18-22-15-8-4-5-9-16(15)23(18)2)21-17(24)12-19(13-20)10-6-3-7-11-19/h4-5,8-9,14H,3,6-7,10-13,20H2,1-2H3,(H,21,24). The van der Waals surface area contributed by atoms with E-state index in [-0.39, 0.29) is 17.4 Å². The third kappa shape index (κ3) is 3.31. The molecule has 3 rings (SSSR count). The van der Waals surface area contributed by atoms with Gasteiger partial charge in [0.15, 0.2) is 0 Å². The average molecular weight is 328 g/mol. The summed E-state index contributed by atoms with van der Waals surface area (Å²) in [6.45, 7) is 2.59. The highest BCUT2D eigenvalue weighted by molar-refractivity contribution is 5.78. The van der Waals surface area contributed by atoms with Gasteiger partial charge in [0.1, 0.15) is 5.82 Å². The second-order valence-corrected chi connectivity index (χ2v) is 7.25. The highest BCUT2D eigenvalue weighted by atomic mass is 16.1. The van der Waals surface area contributed by atoms with Gasteiger partial charge in [-0.15, -0.1) is 0 Å². The number of hydrogen-bond acceptors (Lipinski definition) is 3. The summed E-state index contributed by atoms with van der Waals surface area (Å²) in [4.78, 5) is 17.3. The molecule has 1 aromatic heterocycles. The van der Waals surface area contributed by atoms with Gasteiger partial charge in [-0.1, -0.05) is 31.4 Å². The molecule has 5 heteroatoms. The molecule has 24 heavy (non-hydrogen) atoms. The van der Waals surface area contributed by atoms with Gasteiger partial charge in [-0.05, 0) is 43.9 Å². The Hall–Kier alpha value is -1.88. The summed E-state index contributed by atoms with van der Waals surface area (Å²) in [7, 11) is 2.00. The summed E-state index contributed by atoms with van der Waals surface area (Å²) in [5.74, 6) is 0.969. The Balaban J connectivity index is 1.70. The summed E-state index contributed by atoms with van der Waals surface area (Å²) >= 11 is 0. The SMILES string of the molecule is CC(NC(=O)CC1(CN)CCCCC1)c1nc2ccccc2n1C. The quantitative estimate of drug-likeness (QED) is 0.886. The fourth-order valence-electron chi connectivity index (χ4n) is 4.00. The van der Waals surface area contributed by atoms with Crippen LogP contribution in [0.5, 0.6) is 0 Å². The van der Waals surface area contributed by atoms with Crippen molar-refractivity contribution in [3.05, 3.63) is 30.1 Å². The Morgan fingerprint density at radius 1 is 1.33 bits per heavy atom. The number of benzene rings is 1. The van der Waals surface area contributed by atoms with E-state index in [1.54, 1.807) is 0 Å². The number of carbonyl (C=O) groups is 1. The van der Waals surface area contributed by atoms with E-state index in [1.807, 2.05) is 38.2 Å². The zero-order valence-electron chi connectivity index (χ0n) is 14.7. The molecule has 1 aromatic carbocycles. The molecule has 2 aromatic rings. The molecule has 0 saturated heterocycles. The Morgan fingerprint density at radius 2 is 2.04 bits per heavy atom. The molecule has 0 aliphatic heterocycles. The molecule has 0 radical (unpaired) electrons. The number of hydrogen-bond donors (Lipinski definition) is 2. The molecule has 0 bridgehead atoms. The molecule has 1 unspecified atom stereocenters. The summed E-state index contributed by atoms with van der Waals surface area (Å²) in [6, 6.07) is 7.92. The number of nitrogens with one attached hydrogen (secondary N) is 1. The lowest BCUT2D eigenvalue weighted by molar-refractivity contribution is -0.124. The summed E-state index contributed by atoms with van der Waals surface area (Å²) < 4.78 is 2.06. The van der Waals surface area contributed by atoms with Crippen LogP contribution in [0.1, 0.15) is 57.3 Å². The minimum atomic E-state index is -0.117. The van der Waals surface area contributed by atoms with Gasteiger partial charge in [0, 0.05) is 13.5 Å². The molecule has 1 amide bonds. The summed E-state index contributed by atoms with van der Waals surface area (Å²) in [5, 5.41) is 3.13. The van der Waals surface area contributed by atoms with Crippen molar-refractivity contribution in [2.75, 3.05) is 6.54 Å². The van der Waals surface area contributed by atoms with Crippen molar-refractivity contribution in [1.29, 1.82) is 0 Å². The number of rotatable bonds is 5. The topological polar surface area (TPSA) is 72.9 Å². The molecule has 1 aliphatic rings. The smallest absolute Gasteiger partial charge is 0.221 e. The maximum atomic E-state index is 12.6. The van der Waals surface area contributed by atoms with Crippen LogP contribution in [0.3, 0.4) is 0 Å². The first kappa shape index (κ1) is 17.0. The Bertz CT molecular complexity index is 715. The Morgan fingerprint density at radius 3 is 2.71 bits per heavy atom. The maximum Gasteiger partial charge on any atom is 0.221 e. The van der Waals surface area contributed by atoms with E-state index >= 15 is 0 Å². The fraction of sp³-hybridized carbons (Fsp3) is 0.579. The van der Waals surface area contributed by atoms with Crippen molar-refractivity contribution < 1.29 is 4.79 Å². The van der Waals surface area contributed by atoms with Crippen LogP contribution in [-0.4, -0.2) is 22.0 Å². The first-order valence-corrected chi connectivity index (χ1v) is 8.95. The van der Waals surface area contributed by atoms with Crippen LogP contribution in [-0.2, 0) is 11.8 Å². The number of imidazole rings is 1. The maximum absolute atomic E-state index is 12.6. The second kappa shape index (κ2) is 6.93. The summed E-state index contributed by atoms with van der Waals surface area (Å²) in [6.07, 6.45) is 6.29. The first-order valence-electron chi connectivity index (χ1n) is 8.95. The minimum absolute atomic E-state index is 0.00555. The zero-order chi connectivity index (χ0) is 17.2. The average Bonchev–Trinajstić information content (AvgIpc) is 2.93. The molecule has 1 fully saturated rings. The van der Waals surface area contributed by atoms with Crippen molar-refractivity contribution >= 4 is 16.9 Å². The van der Waals surface area contributed by atoms with Crippen LogP contribution in [0.25, 0.3) is 11.0 Å². The molecule has 1 aliphatic carbocycles. The molecule has 130 valence electrons. The van der Waals surface area contributed by atoms with Crippen molar-refractivity contribution in [2.45, 2.75) is 51.5 Å². The van der Waals surface area contributed by atoms with Crippen LogP contribution >= 0.6 is 0 Å². The number of aromatic nitrogens is 2. The van der Waals surface area contributed by atoms with Gasteiger partial charge in [-0.25, -0.2) is 4.98 Å². The fourth-order valence-corrected chi connectivity index (χ4v) is 4.00. The summed E-state index contributed by atoms with van der Waals surface area (Å²) in [5.41, 5.74) is 8.04. The van der Waals surface area contributed by atoms with Crippen LogP contribution < -0.4 is 11.1 Å². The third-order valence-corrected chi connectivity index (χ3v) is 5.47. The predicted octanol–water partition coefficient (Wildman–Crippen LogP) is 3.05. The van der Waals surface area contributed by atoms with E-state index in [0.29, 0.717) is 13.0 Å². The van der Waals surface area contributed by atoms with E-state index in [4.69, 9.17) is 5.73 Å². The van der Waals surface area contributed by atoms with Gasteiger partial charge in [-0.3, -0.25) is 4.79 Å². The van der Waals surface area contributed by atoms with Crippen LogP contribution in [0.4, 0.5) is 0 Å². The van der Waals surface area contributed by atoms with E-state index in [1.165, 1.54) is 19.3 Å². The molecule has 1 saturated carbocycles. The van der Waals surface area contributed by atoms with Crippen molar-refractivity contribution in [3.63, 3.8) is 0 Å². The molecular weight excluding hydrogens is 300 g/mol. The molecular formula is C19H28N4O. The lowest BCUT2D eigenvalue weighted by atomic mass is 9.71. The molecule has 5 nitrogen and oxygen atoms in total. The zero-order valence-corrected chi connectivity index (χ0v) is 14.7. The molecule has 3 N–H and O–H groups in total. The monoisotopic (exact) mass is 328 g/mol. The van der Waals surface area contributed by atoms with Crippen molar-refractivity contribution in [2.24, 2.45) is 18.2 Å². The lowest BCUT2D eigenvalue weighted by Gasteiger charge is -2.35. The Labute approximate surface area is 143 Å².